The fraction of sp³-hybridized carbons (Fsp3) is 0.750. The van der Waals surface area contributed by atoms with Crippen molar-refractivity contribution in [2.75, 3.05) is 0 Å². The van der Waals surface area contributed by atoms with Crippen molar-refractivity contribution < 1.29 is 14.3 Å². The predicted octanol–water partition coefficient (Wildman–Crippen LogP) is 2.89. The topological polar surface area (TPSA) is 43.4 Å². The zero-order valence-electron chi connectivity index (χ0n) is 11.9. The minimum absolute atomic E-state index is 0.0508. The number of carbonyl (C=O) groups excluding carboxylic acids is 2. The lowest BCUT2D eigenvalue weighted by Crippen LogP contribution is -2.50. The SMILES string of the molecule is CC(C)(C)OC(=O)CC(=O)C12CCC1C1C=CC2C1. The third-order valence-corrected chi connectivity index (χ3v) is 5.07. The first-order valence-electron chi connectivity index (χ1n) is 7.26. The van der Waals surface area contributed by atoms with Crippen molar-refractivity contribution in [2.45, 2.75) is 52.1 Å². The van der Waals surface area contributed by atoms with Crippen molar-refractivity contribution in [3.8, 4) is 0 Å². The van der Waals surface area contributed by atoms with Crippen LogP contribution in [0.5, 0.6) is 0 Å². The van der Waals surface area contributed by atoms with Gasteiger partial charge < -0.3 is 4.74 Å². The first kappa shape index (κ1) is 12.9. The number of hydrogen-bond donors (Lipinski definition) is 0. The van der Waals surface area contributed by atoms with E-state index >= 15 is 0 Å². The number of fused-ring (bicyclic) bond motifs is 5. The number of esters is 1. The maximum absolute atomic E-state index is 12.6. The third-order valence-electron chi connectivity index (χ3n) is 5.07. The molecule has 0 saturated heterocycles. The molecule has 0 aromatic heterocycles. The summed E-state index contributed by atoms with van der Waals surface area (Å²) >= 11 is 0. The standard InChI is InChI=1S/C16H22O3/c1-15(2,3)19-14(18)9-13(17)16-7-6-12(16)10-4-5-11(16)8-10/h4-5,10-12H,6-9H2,1-3H3. The molecule has 19 heavy (non-hydrogen) atoms. The third kappa shape index (κ3) is 1.86. The normalized spacial score (nSPS) is 38.8. The van der Waals surface area contributed by atoms with Crippen LogP contribution in [0.15, 0.2) is 12.2 Å². The summed E-state index contributed by atoms with van der Waals surface area (Å²) in [6, 6.07) is 0. The van der Waals surface area contributed by atoms with Gasteiger partial charge in [-0.25, -0.2) is 0 Å². The van der Waals surface area contributed by atoms with Crippen molar-refractivity contribution in [3.63, 3.8) is 0 Å². The molecule has 2 saturated carbocycles. The molecule has 2 fully saturated rings. The molecule has 0 spiro atoms. The second-order valence-electron chi connectivity index (χ2n) is 7.26. The zero-order chi connectivity index (χ0) is 13.8. The van der Waals surface area contributed by atoms with Crippen LogP contribution in [0.25, 0.3) is 0 Å². The number of ketones is 1. The molecule has 0 aliphatic heterocycles. The van der Waals surface area contributed by atoms with Gasteiger partial charge in [-0.2, -0.15) is 0 Å². The molecule has 3 nitrogen and oxygen atoms in total. The van der Waals surface area contributed by atoms with E-state index in [1.54, 1.807) is 0 Å². The molecule has 0 radical (unpaired) electrons. The molecule has 0 amide bonds. The van der Waals surface area contributed by atoms with Crippen LogP contribution in [0.2, 0.25) is 0 Å². The van der Waals surface area contributed by atoms with Crippen LogP contribution in [0, 0.1) is 23.2 Å². The summed E-state index contributed by atoms with van der Waals surface area (Å²) in [7, 11) is 0. The Labute approximate surface area is 114 Å². The van der Waals surface area contributed by atoms with Gasteiger partial charge in [0.15, 0.2) is 5.78 Å². The Morgan fingerprint density at radius 1 is 1.32 bits per heavy atom. The Hall–Kier alpha value is -1.12. The minimum atomic E-state index is -0.511. The molecular formula is C16H22O3. The molecule has 3 rings (SSSR count). The molecule has 104 valence electrons. The molecule has 0 aromatic rings. The van der Waals surface area contributed by atoms with E-state index in [0.29, 0.717) is 17.8 Å². The van der Waals surface area contributed by atoms with Crippen LogP contribution in [0.1, 0.15) is 46.5 Å². The molecule has 3 aliphatic carbocycles. The smallest absolute Gasteiger partial charge is 0.313 e. The number of allylic oxidation sites excluding steroid dienone is 2. The molecule has 0 heterocycles. The van der Waals surface area contributed by atoms with Gasteiger partial charge >= 0.3 is 5.97 Å². The summed E-state index contributed by atoms with van der Waals surface area (Å²) in [5.41, 5.74) is -0.723. The first-order chi connectivity index (χ1) is 8.83. The van der Waals surface area contributed by atoms with Crippen LogP contribution in [-0.2, 0) is 14.3 Å². The van der Waals surface area contributed by atoms with E-state index in [9.17, 15) is 9.59 Å². The molecule has 3 heteroatoms. The molecule has 3 aliphatic rings. The number of rotatable bonds is 3. The monoisotopic (exact) mass is 262 g/mol. The van der Waals surface area contributed by atoms with Crippen molar-refractivity contribution in [1.82, 2.24) is 0 Å². The highest BCUT2D eigenvalue weighted by atomic mass is 16.6. The summed E-state index contributed by atoms with van der Waals surface area (Å²) in [5, 5.41) is 0. The molecule has 4 unspecified atom stereocenters. The highest BCUT2D eigenvalue weighted by Gasteiger charge is 2.64. The first-order valence-corrected chi connectivity index (χ1v) is 7.26. The van der Waals surface area contributed by atoms with Crippen molar-refractivity contribution in [3.05, 3.63) is 12.2 Å². The summed E-state index contributed by atoms with van der Waals surface area (Å²) in [6.07, 6.45) is 7.65. The lowest BCUT2D eigenvalue weighted by molar-refractivity contribution is -0.160. The van der Waals surface area contributed by atoms with E-state index in [2.05, 4.69) is 12.2 Å². The zero-order valence-corrected chi connectivity index (χ0v) is 11.9. The maximum Gasteiger partial charge on any atom is 0.313 e. The quantitative estimate of drug-likeness (QED) is 0.446. The lowest BCUT2D eigenvalue weighted by Gasteiger charge is -2.49. The summed E-state index contributed by atoms with van der Waals surface area (Å²) in [6.45, 7) is 5.50. The Kier molecular flexibility index (Phi) is 2.67. The number of hydrogen-bond acceptors (Lipinski definition) is 3. The fourth-order valence-electron chi connectivity index (χ4n) is 4.31. The van der Waals surface area contributed by atoms with Gasteiger partial charge in [-0.1, -0.05) is 12.2 Å². The Balaban J connectivity index is 1.69. The van der Waals surface area contributed by atoms with E-state index in [1.807, 2.05) is 20.8 Å². The van der Waals surface area contributed by atoms with Crippen molar-refractivity contribution >= 4 is 11.8 Å². The van der Waals surface area contributed by atoms with E-state index in [4.69, 9.17) is 4.74 Å². The van der Waals surface area contributed by atoms with E-state index in [1.165, 1.54) is 0 Å². The predicted molar refractivity (Wildman–Crippen MR) is 71.4 cm³/mol. The average Bonchev–Trinajstić information content (AvgIpc) is 2.68. The van der Waals surface area contributed by atoms with Gasteiger partial charge in [0.25, 0.3) is 0 Å². The molecule has 0 aromatic carbocycles. The number of carbonyl (C=O) groups is 2. The van der Waals surface area contributed by atoms with Crippen LogP contribution >= 0.6 is 0 Å². The Morgan fingerprint density at radius 3 is 2.58 bits per heavy atom. The number of Topliss-reactive ketones (excluding diaryl/α,β-unsaturated/α-hetero) is 1. The van der Waals surface area contributed by atoms with Crippen molar-refractivity contribution in [2.24, 2.45) is 23.2 Å². The number of ether oxygens (including phenoxy) is 1. The Morgan fingerprint density at radius 2 is 2.05 bits per heavy atom. The maximum atomic E-state index is 12.6. The van der Waals surface area contributed by atoms with Gasteiger partial charge in [0.1, 0.15) is 12.0 Å². The summed E-state index contributed by atoms with van der Waals surface area (Å²) < 4.78 is 5.27. The van der Waals surface area contributed by atoms with E-state index in [0.717, 1.165) is 19.3 Å². The molecule has 2 bridgehead atoms. The largest absolute Gasteiger partial charge is 0.460 e. The van der Waals surface area contributed by atoms with Gasteiger partial charge in [0.2, 0.25) is 0 Å². The molecule has 0 N–H and O–H groups in total. The van der Waals surface area contributed by atoms with Gasteiger partial charge in [-0.3, -0.25) is 9.59 Å². The second kappa shape index (κ2) is 3.94. The highest BCUT2D eigenvalue weighted by Crippen LogP contribution is 2.67. The van der Waals surface area contributed by atoms with E-state index < -0.39 is 5.60 Å². The fourth-order valence-corrected chi connectivity index (χ4v) is 4.31. The van der Waals surface area contributed by atoms with Crippen LogP contribution in [-0.4, -0.2) is 17.4 Å². The van der Waals surface area contributed by atoms with Crippen molar-refractivity contribution in [1.29, 1.82) is 0 Å². The van der Waals surface area contributed by atoms with Gasteiger partial charge in [0, 0.05) is 5.41 Å². The van der Waals surface area contributed by atoms with Gasteiger partial charge in [-0.05, 0) is 57.8 Å². The molecule has 4 atom stereocenters. The summed E-state index contributed by atoms with van der Waals surface area (Å²) in [5.74, 6) is 1.21. The van der Waals surface area contributed by atoms with Crippen LogP contribution < -0.4 is 0 Å². The van der Waals surface area contributed by atoms with Crippen LogP contribution in [0.3, 0.4) is 0 Å². The summed E-state index contributed by atoms with van der Waals surface area (Å²) in [4.78, 5) is 24.4. The molecular weight excluding hydrogens is 240 g/mol. The average molecular weight is 262 g/mol. The minimum Gasteiger partial charge on any atom is -0.460 e. The van der Waals surface area contributed by atoms with Gasteiger partial charge in [0.05, 0.1) is 0 Å². The second-order valence-corrected chi connectivity index (χ2v) is 7.26. The highest BCUT2D eigenvalue weighted by molar-refractivity contribution is 6.00. The van der Waals surface area contributed by atoms with E-state index in [-0.39, 0.29) is 23.6 Å². The van der Waals surface area contributed by atoms with Crippen LogP contribution in [0.4, 0.5) is 0 Å². The van der Waals surface area contributed by atoms with Gasteiger partial charge in [-0.15, -0.1) is 0 Å². The lowest BCUT2D eigenvalue weighted by atomic mass is 9.53. The Bertz CT molecular complexity index is 457.